The van der Waals surface area contributed by atoms with Gasteiger partial charge in [-0.15, -0.1) is 0 Å². The minimum absolute atomic E-state index is 0.0985. The van der Waals surface area contributed by atoms with Crippen LogP contribution in [-0.4, -0.2) is 31.5 Å². The van der Waals surface area contributed by atoms with Crippen LogP contribution < -0.4 is 21.2 Å². The van der Waals surface area contributed by atoms with E-state index in [1.165, 1.54) is 7.11 Å². The Morgan fingerprint density at radius 1 is 1.03 bits per heavy atom. The van der Waals surface area contributed by atoms with Crippen molar-refractivity contribution in [3.05, 3.63) is 75.6 Å². The van der Waals surface area contributed by atoms with Crippen LogP contribution in [0.4, 0.5) is 0 Å². The number of amides is 2. The lowest BCUT2D eigenvalue weighted by Gasteiger charge is -2.10. The first-order valence-corrected chi connectivity index (χ1v) is 9.79. The molecule has 0 aliphatic carbocycles. The zero-order valence-corrected chi connectivity index (χ0v) is 17.6. The summed E-state index contributed by atoms with van der Waals surface area (Å²) in [5.74, 6) is -1.29. The van der Waals surface area contributed by atoms with Gasteiger partial charge in [0.15, 0.2) is 6.61 Å². The highest BCUT2D eigenvalue weighted by Crippen LogP contribution is 2.24. The van der Waals surface area contributed by atoms with Gasteiger partial charge < -0.3 is 13.9 Å². The molecule has 0 unspecified atom stereocenters. The molecule has 0 bridgehead atoms. The minimum atomic E-state index is -0.696. The van der Waals surface area contributed by atoms with Crippen molar-refractivity contribution in [1.82, 2.24) is 10.9 Å². The highest BCUT2D eigenvalue weighted by Gasteiger charge is 2.15. The van der Waals surface area contributed by atoms with Crippen LogP contribution in [0.1, 0.15) is 27.9 Å². The molecule has 32 heavy (non-hydrogen) atoms. The third-order valence-electron chi connectivity index (χ3n) is 4.79. The number of aryl methyl sites for hydroxylation is 1. The van der Waals surface area contributed by atoms with E-state index in [4.69, 9.17) is 13.9 Å². The maximum atomic E-state index is 12.3. The summed E-state index contributed by atoms with van der Waals surface area (Å²) in [6, 6.07) is 13.5. The van der Waals surface area contributed by atoms with Gasteiger partial charge in [0, 0.05) is 29.0 Å². The van der Waals surface area contributed by atoms with Gasteiger partial charge in [-0.05, 0) is 43.2 Å². The zero-order chi connectivity index (χ0) is 23.1. The van der Waals surface area contributed by atoms with E-state index in [0.29, 0.717) is 28.0 Å². The molecule has 9 nitrogen and oxygen atoms in total. The van der Waals surface area contributed by atoms with Gasteiger partial charge in [0.05, 0.1) is 7.11 Å². The summed E-state index contributed by atoms with van der Waals surface area (Å²) in [4.78, 5) is 48.0. The SMILES string of the molecule is COc1ccc2c(C)c(CCC(=O)OCC(=O)NNC(=O)c3ccccc3)c(=O)oc2c1. The van der Waals surface area contributed by atoms with E-state index >= 15 is 0 Å². The van der Waals surface area contributed by atoms with E-state index in [0.717, 1.165) is 5.39 Å². The number of hydrogen-bond donors (Lipinski definition) is 2. The number of hydrogen-bond acceptors (Lipinski definition) is 7. The number of esters is 1. The largest absolute Gasteiger partial charge is 0.497 e. The number of fused-ring (bicyclic) bond motifs is 1. The second-order valence-corrected chi connectivity index (χ2v) is 6.88. The summed E-state index contributed by atoms with van der Waals surface area (Å²) in [5, 5.41) is 0.738. The summed E-state index contributed by atoms with van der Waals surface area (Å²) in [7, 11) is 1.52. The van der Waals surface area contributed by atoms with Gasteiger partial charge in [-0.2, -0.15) is 0 Å². The first kappa shape index (κ1) is 22.5. The van der Waals surface area contributed by atoms with Crippen molar-refractivity contribution >= 4 is 28.8 Å². The van der Waals surface area contributed by atoms with Crippen LogP contribution in [0.3, 0.4) is 0 Å². The maximum Gasteiger partial charge on any atom is 0.339 e. The van der Waals surface area contributed by atoms with Gasteiger partial charge in [0.25, 0.3) is 11.8 Å². The summed E-state index contributed by atoms with van der Waals surface area (Å²) >= 11 is 0. The summed E-state index contributed by atoms with van der Waals surface area (Å²) in [5.41, 5.74) is 5.68. The van der Waals surface area contributed by atoms with Gasteiger partial charge >= 0.3 is 11.6 Å². The van der Waals surface area contributed by atoms with E-state index < -0.39 is 30.0 Å². The van der Waals surface area contributed by atoms with Gasteiger partial charge in [0.2, 0.25) is 0 Å². The molecule has 3 aromatic rings. The molecule has 0 radical (unpaired) electrons. The number of benzene rings is 2. The molecule has 0 aliphatic rings. The van der Waals surface area contributed by atoms with Crippen LogP contribution in [0.15, 0.2) is 57.7 Å². The molecule has 9 heteroatoms. The number of carbonyl (C=O) groups is 3. The van der Waals surface area contributed by atoms with Crippen molar-refractivity contribution in [2.45, 2.75) is 19.8 Å². The smallest absolute Gasteiger partial charge is 0.339 e. The Morgan fingerprint density at radius 2 is 1.78 bits per heavy atom. The predicted molar refractivity (Wildman–Crippen MR) is 115 cm³/mol. The van der Waals surface area contributed by atoms with E-state index in [9.17, 15) is 19.2 Å². The lowest BCUT2D eigenvalue weighted by atomic mass is 10.0. The Labute approximate surface area is 183 Å². The summed E-state index contributed by atoms with van der Waals surface area (Å²) in [6.07, 6.45) is -0.0156. The first-order valence-electron chi connectivity index (χ1n) is 9.79. The molecule has 1 aromatic heterocycles. The maximum absolute atomic E-state index is 12.3. The number of rotatable bonds is 7. The number of hydrazine groups is 1. The molecule has 2 aromatic carbocycles. The average molecular weight is 438 g/mol. The van der Waals surface area contributed by atoms with E-state index in [-0.39, 0.29) is 12.8 Å². The highest BCUT2D eigenvalue weighted by molar-refractivity contribution is 5.95. The first-order chi connectivity index (χ1) is 15.4. The topological polar surface area (TPSA) is 124 Å². The molecular weight excluding hydrogens is 416 g/mol. The van der Waals surface area contributed by atoms with E-state index in [2.05, 4.69) is 10.9 Å². The summed E-state index contributed by atoms with van der Waals surface area (Å²) < 4.78 is 15.4. The Bertz CT molecular complexity index is 1200. The Hall–Kier alpha value is -4.14. The molecule has 0 saturated carbocycles. The van der Waals surface area contributed by atoms with Crippen molar-refractivity contribution in [3.63, 3.8) is 0 Å². The van der Waals surface area contributed by atoms with Crippen LogP contribution >= 0.6 is 0 Å². The number of carbonyl (C=O) groups excluding carboxylic acids is 3. The number of methoxy groups -OCH3 is 1. The molecule has 2 amide bonds. The zero-order valence-electron chi connectivity index (χ0n) is 17.6. The fourth-order valence-corrected chi connectivity index (χ4v) is 3.06. The normalized spacial score (nSPS) is 10.4. The van der Waals surface area contributed by atoms with Crippen LogP contribution in [0.2, 0.25) is 0 Å². The molecular formula is C23H22N2O7. The number of ether oxygens (including phenoxy) is 2. The number of nitrogens with one attached hydrogen (secondary N) is 2. The molecule has 0 fully saturated rings. The van der Waals surface area contributed by atoms with E-state index in [1.807, 2.05) is 0 Å². The monoisotopic (exact) mass is 438 g/mol. The molecule has 3 rings (SSSR count). The quantitative estimate of drug-likeness (QED) is 0.329. The third kappa shape index (κ3) is 5.51. The third-order valence-corrected chi connectivity index (χ3v) is 4.79. The lowest BCUT2D eigenvalue weighted by molar-refractivity contribution is -0.148. The average Bonchev–Trinajstić information content (AvgIpc) is 2.81. The highest BCUT2D eigenvalue weighted by atomic mass is 16.5. The van der Waals surface area contributed by atoms with Gasteiger partial charge in [0.1, 0.15) is 11.3 Å². The minimum Gasteiger partial charge on any atom is -0.497 e. The van der Waals surface area contributed by atoms with Crippen molar-refractivity contribution in [2.24, 2.45) is 0 Å². The second kappa shape index (κ2) is 10.3. The van der Waals surface area contributed by atoms with Crippen LogP contribution in [0, 0.1) is 6.92 Å². The molecule has 0 spiro atoms. The second-order valence-electron chi connectivity index (χ2n) is 6.88. The van der Waals surface area contributed by atoms with Crippen molar-refractivity contribution in [2.75, 3.05) is 13.7 Å². The Kier molecular flexibility index (Phi) is 7.22. The van der Waals surface area contributed by atoms with Crippen molar-refractivity contribution in [1.29, 1.82) is 0 Å². The van der Waals surface area contributed by atoms with Gasteiger partial charge in [-0.25, -0.2) is 4.79 Å². The molecule has 166 valence electrons. The summed E-state index contributed by atoms with van der Waals surface area (Å²) in [6.45, 7) is 1.20. The van der Waals surface area contributed by atoms with Crippen LogP contribution in [-0.2, 0) is 20.7 Å². The molecule has 0 atom stereocenters. The molecule has 2 N–H and O–H groups in total. The van der Waals surface area contributed by atoms with Gasteiger partial charge in [-0.3, -0.25) is 25.2 Å². The Balaban J connectivity index is 1.50. The predicted octanol–water partition coefficient (Wildman–Crippen LogP) is 2.05. The van der Waals surface area contributed by atoms with Crippen LogP contribution in [0.25, 0.3) is 11.0 Å². The van der Waals surface area contributed by atoms with Crippen molar-refractivity contribution < 1.29 is 28.3 Å². The lowest BCUT2D eigenvalue weighted by Crippen LogP contribution is -2.43. The standard InChI is InChI=1S/C23H22N2O7/c1-14-17-9-8-16(30-2)12-19(17)32-23(29)18(14)10-11-21(27)31-13-20(26)24-25-22(28)15-6-4-3-5-7-15/h3-9,12H,10-11,13H2,1-2H3,(H,24,26)(H,25,28). The van der Waals surface area contributed by atoms with E-state index in [1.54, 1.807) is 55.5 Å². The fourth-order valence-electron chi connectivity index (χ4n) is 3.06. The van der Waals surface area contributed by atoms with Crippen molar-refractivity contribution in [3.8, 4) is 5.75 Å². The molecule has 0 saturated heterocycles. The molecule has 1 heterocycles. The Morgan fingerprint density at radius 3 is 2.50 bits per heavy atom. The molecule has 0 aliphatic heterocycles. The van der Waals surface area contributed by atoms with Gasteiger partial charge in [-0.1, -0.05) is 18.2 Å². The van der Waals surface area contributed by atoms with Crippen LogP contribution in [0.5, 0.6) is 5.75 Å². The fraction of sp³-hybridized carbons (Fsp3) is 0.217.